The van der Waals surface area contributed by atoms with E-state index in [1.54, 1.807) is 6.07 Å². The van der Waals surface area contributed by atoms with Crippen molar-refractivity contribution in [1.82, 2.24) is 14.6 Å². The van der Waals surface area contributed by atoms with Gasteiger partial charge < -0.3 is 10.5 Å². The molecule has 0 amide bonds. The Morgan fingerprint density at radius 2 is 2.11 bits per heavy atom. The smallest absolute Gasteiger partial charge is 0.422 e. The van der Waals surface area contributed by atoms with Gasteiger partial charge in [-0.15, -0.1) is 5.10 Å². The van der Waals surface area contributed by atoms with Crippen molar-refractivity contribution in [2.45, 2.75) is 24.9 Å². The number of hydrogen-bond acceptors (Lipinski definition) is 4. The molecular weight excluding hydrogens is 261 g/mol. The molecule has 0 aromatic carbocycles. The molecule has 2 heterocycles. The normalized spacial score (nSPS) is 15.9. The number of anilines is 1. The molecule has 0 unspecified atom stereocenters. The molecule has 0 bridgehead atoms. The van der Waals surface area contributed by atoms with Crippen LogP contribution in [0.15, 0.2) is 12.1 Å². The zero-order chi connectivity index (χ0) is 13.6. The second-order valence-electron chi connectivity index (χ2n) is 4.51. The second kappa shape index (κ2) is 4.01. The number of ether oxygens (including phenoxy) is 1. The molecule has 5 nitrogen and oxygen atoms in total. The Kier molecular flexibility index (Phi) is 2.54. The van der Waals surface area contributed by atoms with E-state index in [-0.39, 0.29) is 17.3 Å². The molecule has 2 aromatic heterocycles. The summed E-state index contributed by atoms with van der Waals surface area (Å²) in [4.78, 5) is 3.92. The third-order valence-electron chi connectivity index (χ3n) is 2.88. The Hall–Kier alpha value is -1.99. The van der Waals surface area contributed by atoms with Crippen LogP contribution in [-0.4, -0.2) is 27.4 Å². The Labute approximate surface area is 106 Å². The van der Waals surface area contributed by atoms with Crippen molar-refractivity contribution in [3.63, 3.8) is 0 Å². The molecule has 0 saturated heterocycles. The van der Waals surface area contributed by atoms with Crippen molar-refractivity contribution in [1.29, 1.82) is 0 Å². The zero-order valence-corrected chi connectivity index (χ0v) is 9.81. The first kappa shape index (κ1) is 12.1. The third-order valence-corrected chi connectivity index (χ3v) is 2.88. The van der Waals surface area contributed by atoms with Crippen LogP contribution in [0.5, 0.6) is 5.75 Å². The molecule has 0 radical (unpaired) electrons. The van der Waals surface area contributed by atoms with Gasteiger partial charge in [0.05, 0.1) is 0 Å². The van der Waals surface area contributed by atoms with Crippen LogP contribution in [0.4, 0.5) is 19.1 Å². The molecule has 8 heteroatoms. The van der Waals surface area contributed by atoms with E-state index in [1.807, 2.05) is 0 Å². The van der Waals surface area contributed by atoms with Crippen LogP contribution in [0.3, 0.4) is 0 Å². The number of nitrogen functional groups attached to an aromatic ring is 1. The van der Waals surface area contributed by atoms with Gasteiger partial charge >= 0.3 is 6.18 Å². The van der Waals surface area contributed by atoms with E-state index in [9.17, 15) is 13.2 Å². The Bertz CT molecular complexity index is 618. The topological polar surface area (TPSA) is 65.4 Å². The van der Waals surface area contributed by atoms with Crippen LogP contribution in [0, 0.1) is 0 Å². The lowest BCUT2D eigenvalue weighted by Gasteiger charge is -2.10. The molecule has 1 saturated carbocycles. The summed E-state index contributed by atoms with van der Waals surface area (Å²) in [6, 6.07) is 3.20. The highest BCUT2D eigenvalue weighted by Crippen LogP contribution is 2.41. The summed E-state index contributed by atoms with van der Waals surface area (Å²) in [6.45, 7) is -1.36. The maximum atomic E-state index is 12.2. The van der Waals surface area contributed by atoms with Gasteiger partial charge in [0, 0.05) is 11.6 Å². The number of alkyl halides is 3. The van der Waals surface area contributed by atoms with Gasteiger partial charge in [-0.05, 0) is 25.0 Å². The van der Waals surface area contributed by atoms with Crippen LogP contribution >= 0.6 is 0 Å². The predicted molar refractivity (Wildman–Crippen MR) is 60.9 cm³/mol. The van der Waals surface area contributed by atoms with E-state index in [4.69, 9.17) is 10.5 Å². The van der Waals surface area contributed by atoms with E-state index < -0.39 is 12.8 Å². The molecular formula is C11H11F3N4O. The van der Waals surface area contributed by atoms with Gasteiger partial charge in [0.25, 0.3) is 0 Å². The number of rotatable bonds is 3. The number of nitrogens with two attached hydrogens (primary N) is 1. The van der Waals surface area contributed by atoms with Gasteiger partial charge in [-0.3, -0.25) is 0 Å². The van der Waals surface area contributed by atoms with Crippen molar-refractivity contribution >= 4 is 11.6 Å². The number of halogens is 3. The molecule has 0 atom stereocenters. The van der Waals surface area contributed by atoms with E-state index in [2.05, 4.69) is 10.1 Å². The molecule has 1 fully saturated rings. The molecule has 2 aromatic rings. The SMILES string of the molecule is Nc1nc2c(OCC(F)(F)F)ccc(C3CC3)n2n1. The fourth-order valence-electron chi connectivity index (χ4n) is 1.93. The van der Waals surface area contributed by atoms with E-state index in [0.29, 0.717) is 5.92 Å². The second-order valence-corrected chi connectivity index (χ2v) is 4.51. The van der Waals surface area contributed by atoms with Gasteiger partial charge in [-0.2, -0.15) is 18.2 Å². The van der Waals surface area contributed by atoms with Crippen molar-refractivity contribution < 1.29 is 17.9 Å². The van der Waals surface area contributed by atoms with Crippen LogP contribution in [0.25, 0.3) is 5.65 Å². The van der Waals surface area contributed by atoms with Crippen molar-refractivity contribution in [3.8, 4) is 5.75 Å². The molecule has 0 aliphatic heterocycles. The molecule has 19 heavy (non-hydrogen) atoms. The largest absolute Gasteiger partial charge is 0.480 e. The summed E-state index contributed by atoms with van der Waals surface area (Å²) in [5, 5.41) is 4.00. The number of nitrogens with zero attached hydrogens (tertiary/aromatic N) is 3. The molecule has 1 aliphatic rings. The van der Waals surface area contributed by atoms with Crippen LogP contribution in [0.1, 0.15) is 24.5 Å². The highest BCUT2D eigenvalue weighted by molar-refractivity contribution is 5.56. The Balaban J connectivity index is 1.99. The Morgan fingerprint density at radius 3 is 2.74 bits per heavy atom. The summed E-state index contributed by atoms with van der Waals surface area (Å²) in [6.07, 6.45) is -2.31. The quantitative estimate of drug-likeness (QED) is 0.929. The fraction of sp³-hybridized carbons (Fsp3) is 0.455. The lowest BCUT2D eigenvalue weighted by Crippen LogP contribution is -2.19. The first-order valence-electron chi connectivity index (χ1n) is 5.79. The maximum absolute atomic E-state index is 12.2. The summed E-state index contributed by atoms with van der Waals surface area (Å²) >= 11 is 0. The zero-order valence-electron chi connectivity index (χ0n) is 9.81. The van der Waals surface area contributed by atoms with Gasteiger partial charge in [0.2, 0.25) is 5.95 Å². The first-order valence-corrected chi connectivity index (χ1v) is 5.79. The average Bonchev–Trinajstić information content (AvgIpc) is 3.06. The Morgan fingerprint density at radius 1 is 1.37 bits per heavy atom. The van der Waals surface area contributed by atoms with E-state index >= 15 is 0 Å². The minimum absolute atomic E-state index is 0.0185. The van der Waals surface area contributed by atoms with Gasteiger partial charge in [0.1, 0.15) is 0 Å². The maximum Gasteiger partial charge on any atom is 0.422 e. The first-order chi connectivity index (χ1) is 8.94. The fourth-order valence-corrected chi connectivity index (χ4v) is 1.93. The lowest BCUT2D eigenvalue weighted by atomic mass is 10.2. The van der Waals surface area contributed by atoms with E-state index in [0.717, 1.165) is 18.5 Å². The highest BCUT2D eigenvalue weighted by Gasteiger charge is 2.30. The molecule has 3 rings (SSSR count). The predicted octanol–water partition coefficient (Wildman–Crippen LogP) is 2.13. The summed E-state index contributed by atoms with van der Waals surface area (Å²) in [5.41, 5.74) is 6.64. The summed E-state index contributed by atoms with van der Waals surface area (Å²) in [5.74, 6) is 0.427. The minimum Gasteiger partial charge on any atom is -0.480 e. The van der Waals surface area contributed by atoms with Crippen LogP contribution < -0.4 is 10.5 Å². The van der Waals surface area contributed by atoms with Crippen molar-refractivity contribution in [2.75, 3.05) is 12.3 Å². The van der Waals surface area contributed by atoms with Crippen LogP contribution in [-0.2, 0) is 0 Å². The lowest BCUT2D eigenvalue weighted by molar-refractivity contribution is -0.153. The number of aromatic nitrogens is 3. The summed E-state index contributed by atoms with van der Waals surface area (Å²) in [7, 11) is 0. The van der Waals surface area contributed by atoms with Gasteiger partial charge in [-0.25, -0.2) is 4.52 Å². The summed E-state index contributed by atoms with van der Waals surface area (Å²) < 4.78 is 42.7. The van der Waals surface area contributed by atoms with Crippen LogP contribution in [0.2, 0.25) is 0 Å². The third kappa shape index (κ3) is 2.42. The average molecular weight is 272 g/mol. The standard InChI is InChI=1S/C11H11F3N4O/c12-11(13,14)5-19-8-4-3-7(6-1-2-6)18-9(8)16-10(15)17-18/h3-4,6H,1-2,5H2,(H2,15,17). The van der Waals surface area contributed by atoms with E-state index in [1.165, 1.54) is 10.6 Å². The van der Waals surface area contributed by atoms with Gasteiger partial charge in [0.15, 0.2) is 18.0 Å². The molecule has 102 valence electrons. The number of hydrogen-bond donors (Lipinski definition) is 1. The van der Waals surface area contributed by atoms with Gasteiger partial charge in [-0.1, -0.05) is 0 Å². The van der Waals surface area contributed by atoms with Crippen molar-refractivity contribution in [3.05, 3.63) is 17.8 Å². The number of fused-ring (bicyclic) bond motifs is 1. The minimum atomic E-state index is -4.39. The number of pyridine rings is 1. The molecule has 1 aliphatic carbocycles. The molecule has 0 spiro atoms. The molecule has 2 N–H and O–H groups in total. The highest BCUT2D eigenvalue weighted by atomic mass is 19.4. The van der Waals surface area contributed by atoms with Crippen molar-refractivity contribution in [2.24, 2.45) is 0 Å². The monoisotopic (exact) mass is 272 g/mol.